The summed E-state index contributed by atoms with van der Waals surface area (Å²) in [4.78, 5) is 0. The van der Waals surface area contributed by atoms with E-state index in [2.05, 4.69) is 31.5 Å². The molecule has 0 saturated carbocycles. The second kappa shape index (κ2) is 3.94. The van der Waals surface area contributed by atoms with Crippen LogP contribution in [0.2, 0.25) is 25.2 Å². The second-order valence-electron chi connectivity index (χ2n) is 4.10. The van der Waals surface area contributed by atoms with Gasteiger partial charge in [0.2, 0.25) is 0 Å². The molecule has 2 heteroatoms. The predicted octanol–water partition coefficient (Wildman–Crippen LogP) is 2.07. The molecule has 0 fully saturated rings. The zero-order chi connectivity index (χ0) is 9.07. The van der Waals surface area contributed by atoms with Gasteiger partial charge in [-0.2, -0.15) is 0 Å². The third-order valence-corrected chi connectivity index (χ3v) is 4.29. The van der Waals surface area contributed by atoms with Crippen LogP contribution in [0.15, 0.2) is 0 Å². The Morgan fingerprint density at radius 1 is 1.27 bits per heavy atom. The summed E-state index contributed by atoms with van der Waals surface area (Å²) >= 11 is 0. The van der Waals surface area contributed by atoms with Gasteiger partial charge in [0, 0.05) is 11.6 Å². The van der Waals surface area contributed by atoms with Crippen molar-refractivity contribution in [1.82, 2.24) is 0 Å². The highest BCUT2D eigenvalue weighted by Gasteiger charge is 2.27. The summed E-state index contributed by atoms with van der Waals surface area (Å²) in [6.45, 7) is 10.9. The molecule has 64 valence electrons. The van der Waals surface area contributed by atoms with Gasteiger partial charge >= 0.3 is 0 Å². The summed E-state index contributed by atoms with van der Waals surface area (Å²) < 4.78 is 0. The van der Waals surface area contributed by atoms with E-state index in [4.69, 9.17) is 5.73 Å². The first kappa shape index (κ1) is 10.7. The van der Waals surface area contributed by atoms with Crippen molar-refractivity contribution in [3.63, 3.8) is 0 Å². The van der Waals surface area contributed by atoms with Crippen LogP contribution in [-0.2, 0) is 0 Å². The zero-order valence-corrected chi connectivity index (χ0v) is 9.23. The Bertz CT molecular complexity index is 168. The maximum absolute atomic E-state index is 5.84. The molecule has 0 bridgehead atoms. The third-order valence-electron chi connectivity index (χ3n) is 1.76. The standard InChI is InChI=1S/C9H19NSi/c1-6-7-9(8(2)10)11(3,4)5/h8-9H,10H2,1-5H3/t8-,9-/m0/s1. The molecule has 2 atom stereocenters. The molecule has 11 heavy (non-hydrogen) atoms. The molecule has 2 N–H and O–H groups in total. The van der Waals surface area contributed by atoms with Gasteiger partial charge in [0.1, 0.15) is 0 Å². The van der Waals surface area contributed by atoms with E-state index in [-0.39, 0.29) is 6.04 Å². The van der Waals surface area contributed by atoms with Crippen LogP contribution in [-0.4, -0.2) is 14.1 Å². The molecule has 0 rings (SSSR count). The molecule has 1 nitrogen and oxygen atoms in total. The van der Waals surface area contributed by atoms with E-state index in [0.717, 1.165) is 0 Å². The molecule has 0 aliphatic carbocycles. The van der Waals surface area contributed by atoms with Crippen molar-refractivity contribution in [3.8, 4) is 11.8 Å². The summed E-state index contributed by atoms with van der Waals surface area (Å²) in [5, 5.41) is 0. The monoisotopic (exact) mass is 169 g/mol. The van der Waals surface area contributed by atoms with E-state index >= 15 is 0 Å². The lowest BCUT2D eigenvalue weighted by atomic mass is 10.2. The SMILES string of the molecule is CC#C[C@@H]([C@H](C)N)[Si](C)(C)C. The highest BCUT2D eigenvalue weighted by molar-refractivity contribution is 6.78. The number of rotatable bonds is 2. The van der Waals surface area contributed by atoms with Crippen molar-refractivity contribution < 1.29 is 0 Å². The Balaban J connectivity index is 4.44. The quantitative estimate of drug-likeness (QED) is 0.497. The highest BCUT2D eigenvalue weighted by Crippen LogP contribution is 2.23. The molecule has 0 heterocycles. The van der Waals surface area contributed by atoms with Crippen molar-refractivity contribution in [2.45, 2.75) is 45.1 Å². The Kier molecular flexibility index (Phi) is 3.84. The van der Waals surface area contributed by atoms with Gasteiger partial charge < -0.3 is 5.73 Å². The van der Waals surface area contributed by atoms with Gasteiger partial charge in [-0.25, -0.2) is 0 Å². The first-order chi connectivity index (χ1) is 4.89. The van der Waals surface area contributed by atoms with E-state index < -0.39 is 8.07 Å². The summed E-state index contributed by atoms with van der Waals surface area (Å²) in [5.74, 6) is 6.17. The van der Waals surface area contributed by atoms with Gasteiger partial charge in [-0.3, -0.25) is 0 Å². The topological polar surface area (TPSA) is 26.0 Å². The lowest BCUT2D eigenvalue weighted by molar-refractivity contribution is 0.748. The van der Waals surface area contributed by atoms with Crippen LogP contribution < -0.4 is 5.73 Å². The first-order valence-electron chi connectivity index (χ1n) is 4.07. The van der Waals surface area contributed by atoms with Gasteiger partial charge in [0.05, 0.1) is 8.07 Å². The molecule has 0 aliphatic heterocycles. The summed E-state index contributed by atoms with van der Waals surface area (Å²) in [6, 6.07) is 0.217. The van der Waals surface area contributed by atoms with Gasteiger partial charge in [0.25, 0.3) is 0 Å². The molecule has 0 saturated heterocycles. The number of nitrogens with two attached hydrogens (primary N) is 1. The van der Waals surface area contributed by atoms with E-state index in [1.807, 2.05) is 13.8 Å². The molecule has 0 aromatic rings. The molecular weight excluding hydrogens is 150 g/mol. The van der Waals surface area contributed by atoms with Crippen LogP contribution in [0.1, 0.15) is 13.8 Å². The van der Waals surface area contributed by atoms with Crippen molar-refractivity contribution in [2.24, 2.45) is 5.73 Å². The lowest BCUT2D eigenvalue weighted by Gasteiger charge is -2.27. The van der Waals surface area contributed by atoms with Crippen molar-refractivity contribution >= 4 is 8.07 Å². The number of hydrogen-bond acceptors (Lipinski definition) is 1. The molecule has 0 amide bonds. The van der Waals surface area contributed by atoms with E-state index in [1.54, 1.807) is 0 Å². The zero-order valence-electron chi connectivity index (χ0n) is 8.23. The molecule has 0 unspecified atom stereocenters. The van der Waals surface area contributed by atoms with Crippen molar-refractivity contribution in [2.75, 3.05) is 0 Å². The molecule has 0 radical (unpaired) electrons. The maximum atomic E-state index is 5.84. The minimum Gasteiger partial charge on any atom is -0.327 e. The summed E-state index contributed by atoms with van der Waals surface area (Å²) in [6.07, 6.45) is 0. The van der Waals surface area contributed by atoms with E-state index in [9.17, 15) is 0 Å². The van der Waals surface area contributed by atoms with Gasteiger partial charge in [-0.15, -0.1) is 11.8 Å². The Hall–Kier alpha value is -0.263. The Morgan fingerprint density at radius 2 is 1.73 bits per heavy atom. The first-order valence-corrected chi connectivity index (χ1v) is 7.65. The minimum atomic E-state index is -1.17. The third kappa shape index (κ3) is 3.59. The van der Waals surface area contributed by atoms with E-state index in [1.165, 1.54) is 0 Å². The largest absolute Gasteiger partial charge is 0.327 e. The molecular formula is C9H19NSi. The Labute approximate surface area is 71.4 Å². The second-order valence-corrected chi connectivity index (χ2v) is 9.45. The molecule has 0 aromatic carbocycles. The smallest absolute Gasteiger partial charge is 0.0632 e. The predicted molar refractivity (Wildman–Crippen MR) is 54.2 cm³/mol. The lowest BCUT2D eigenvalue weighted by Crippen LogP contribution is -2.38. The minimum absolute atomic E-state index is 0.217. The fraction of sp³-hybridized carbons (Fsp3) is 0.778. The molecule has 0 spiro atoms. The summed E-state index contributed by atoms with van der Waals surface area (Å²) in [5.41, 5.74) is 6.28. The highest BCUT2D eigenvalue weighted by atomic mass is 28.3. The average Bonchev–Trinajstić information content (AvgIpc) is 1.79. The van der Waals surface area contributed by atoms with Crippen LogP contribution in [0.25, 0.3) is 0 Å². The van der Waals surface area contributed by atoms with Gasteiger partial charge in [-0.1, -0.05) is 19.6 Å². The Morgan fingerprint density at radius 3 is 1.82 bits per heavy atom. The molecule has 0 aliphatic rings. The van der Waals surface area contributed by atoms with Crippen LogP contribution in [0.3, 0.4) is 0 Å². The van der Waals surface area contributed by atoms with Crippen LogP contribution >= 0.6 is 0 Å². The van der Waals surface area contributed by atoms with Crippen molar-refractivity contribution in [1.29, 1.82) is 0 Å². The fourth-order valence-corrected chi connectivity index (χ4v) is 3.45. The van der Waals surface area contributed by atoms with Gasteiger partial charge in [0.15, 0.2) is 0 Å². The van der Waals surface area contributed by atoms with Crippen LogP contribution in [0, 0.1) is 11.8 Å². The fourth-order valence-electron chi connectivity index (χ4n) is 1.29. The maximum Gasteiger partial charge on any atom is 0.0632 e. The van der Waals surface area contributed by atoms with Crippen LogP contribution in [0.4, 0.5) is 0 Å². The number of hydrogen-bond donors (Lipinski definition) is 1. The average molecular weight is 169 g/mol. The molecule has 0 aromatic heterocycles. The van der Waals surface area contributed by atoms with Crippen molar-refractivity contribution in [3.05, 3.63) is 0 Å². The normalized spacial score (nSPS) is 16.5. The summed E-state index contributed by atoms with van der Waals surface area (Å²) in [7, 11) is -1.17. The van der Waals surface area contributed by atoms with Crippen LogP contribution in [0.5, 0.6) is 0 Å². The van der Waals surface area contributed by atoms with Gasteiger partial charge in [-0.05, 0) is 13.8 Å². The van der Waals surface area contributed by atoms with E-state index in [0.29, 0.717) is 5.54 Å².